The molecule has 0 atom stereocenters. The molecule has 1 aromatic heterocycles. The highest BCUT2D eigenvalue weighted by atomic mass is 19.1. The van der Waals surface area contributed by atoms with Crippen LogP contribution in [0.4, 0.5) is 4.39 Å². The fourth-order valence-corrected chi connectivity index (χ4v) is 0.818. The SMILES string of the molecule is C=CCOC(=O)c1cc(F)cn1N. The van der Waals surface area contributed by atoms with Crippen LogP contribution in [0.15, 0.2) is 24.9 Å². The van der Waals surface area contributed by atoms with Gasteiger partial charge in [0.05, 0.1) is 6.20 Å². The van der Waals surface area contributed by atoms with E-state index in [4.69, 9.17) is 5.84 Å². The number of nitrogens with two attached hydrogens (primary N) is 1. The molecule has 1 heterocycles. The summed E-state index contributed by atoms with van der Waals surface area (Å²) < 4.78 is 18.1. The van der Waals surface area contributed by atoms with E-state index in [0.29, 0.717) is 0 Å². The molecule has 0 saturated carbocycles. The quantitative estimate of drug-likeness (QED) is 0.427. The topological polar surface area (TPSA) is 57.2 Å². The second kappa shape index (κ2) is 3.75. The van der Waals surface area contributed by atoms with Crippen molar-refractivity contribution in [2.75, 3.05) is 12.4 Å². The van der Waals surface area contributed by atoms with Crippen LogP contribution in [0, 0.1) is 5.82 Å². The maximum absolute atomic E-state index is 12.5. The van der Waals surface area contributed by atoms with E-state index in [1.54, 1.807) is 0 Å². The van der Waals surface area contributed by atoms with Crippen LogP contribution < -0.4 is 5.84 Å². The standard InChI is InChI=1S/C8H9FN2O2/c1-2-3-13-8(12)7-4-6(9)5-11(7)10/h2,4-5H,1,3,10H2. The molecular weight excluding hydrogens is 175 g/mol. The van der Waals surface area contributed by atoms with Gasteiger partial charge in [0.1, 0.15) is 18.1 Å². The smallest absolute Gasteiger partial charge is 0.357 e. The first kappa shape index (κ1) is 9.31. The number of carbonyl (C=O) groups excluding carboxylic acids is 1. The summed E-state index contributed by atoms with van der Waals surface area (Å²) in [4.78, 5) is 11.1. The van der Waals surface area contributed by atoms with Gasteiger partial charge in [-0.05, 0) is 0 Å². The van der Waals surface area contributed by atoms with Gasteiger partial charge in [0.2, 0.25) is 0 Å². The zero-order valence-corrected chi connectivity index (χ0v) is 6.87. The molecule has 5 heteroatoms. The molecular formula is C8H9FN2O2. The van der Waals surface area contributed by atoms with Gasteiger partial charge in [0, 0.05) is 6.07 Å². The summed E-state index contributed by atoms with van der Waals surface area (Å²) in [6.07, 6.45) is 2.41. The van der Waals surface area contributed by atoms with Gasteiger partial charge >= 0.3 is 5.97 Å². The Labute approximate surface area is 74.4 Å². The summed E-state index contributed by atoms with van der Waals surface area (Å²) in [5.41, 5.74) is -0.0284. The fraction of sp³-hybridized carbons (Fsp3) is 0.125. The van der Waals surface area contributed by atoms with Gasteiger partial charge in [-0.3, -0.25) is 4.68 Å². The second-order valence-corrected chi connectivity index (χ2v) is 2.34. The number of rotatable bonds is 3. The van der Waals surface area contributed by atoms with Crippen molar-refractivity contribution in [2.45, 2.75) is 0 Å². The van der Waals surface area contributed by atoms with Gasteiger partial charge in [-0.25, -0.2) is 9.18 Å². The molecule has 0 aliphatic heterocycles. The Bertz CT molecular complexity index is 333. The number of carbonyl (C=O) groups is 1. The molecule has 2 N–H and O–H groups in total. The van der Waals surface area contributed by atoms with Gasteiger partial charge in [-0.2, -0.15) is 0 Å². The first-order chi connectivity index (χ1) is 6.15. The molecule has 0 saturated heterocycles. The van der Waals surface area contributed by atoms with Gasteiger partial charge in [0.25, 0.3) is 0 Å². The highest BCUT2D eigenvalue weighted by Gasteiger charge is 2.12. The lowest BCUT2D eigenvalue weighted by molar-refractivity contribution is 0.0539. The normalized spacial score (nSPS) is 9.62. The Balaban J connectivity index is 2.76. The lowest BCUT2D eigenvalue weighted by Gasteiger charge is -2.01. The average molecular weight is 184 g/mol. The number of esters is 1. The van der Waals surface area contributed by atoms with Crippen molar-refractivity contribution in [3.8, 4) is 0 Å². The van der Waals surface area contributed by atoms with Crippen LogP contribution >= 0.6 is 0 Å². The van der Waals surface area contributed by atoms with Gasteiger partial charge < -0.3 is 10.6 Å². The van der Waals surface area contributed by atoms with Crippen molar-refractivity contribution in [1.29, 1.82) is 0 Å². The third-order valence-electron chi connectivity index (χ3n) is 1.36. The predicted octanol–water partition coefficient (Wildman–Crippen LogP) is 0.684. The minimum absolute atomic E-state index is 0.0284. The van der Waals surface area contributed by atoms with E-state index in [-0.39, 0.29) is 12.3 Å². The van der Waals surface area contributed by atoms with E-state index in [2.05, 4.69) is 11.3 Å². The number of nitrogens with zero attached hydrogens (tertiary/aromatic N) is 1. The lowest BCUT2D eigenvalue weighted by atomic mass is 10.4. The number of hydrogen-bond acceptors (Lipinski definition) is 3. The Hall–Kier alpha value is -1.78. The van der Waals surface area contributed by atoms with Crippen molar-refractivity contribution in [3.63, 3.8) is 0 Å². The van der Waals surface area contributed by atoms with Crippen LogP contribution in [0.1, 0.15) is 10.5 Å². The molecule has 13 heavy (non-hydrogen) atoms. The van der Waals surface area contributed by atoms with E-state index in [9.17, 15) is 9.18 Å². The van der Waals surface area contributed by atoms with Crippen LogP contribution in [0.25, 0.3) is 0 Å². The van der Waals surface area contributed by atoms with E-state index in [1.807, 2.05) is 0 Å². The van der Waals surface area contributed by atoms with Crippen molar-refractivity contribution < 1.29 is 13.9 Å². The Morgan fingerprint density at radius 2 is 2.54 bits per heavy atom. The molecule has 4 nitrogen and oxygen atoms in total. The molecule has 0 unspecified atom stereocenters. The van der Waals surface area contributed by atoms with Crippen molar-refractivity contribution >= 4 is 5.97 Å². The molecule has 0 aromatic carbocycles. The zero-order chi connectivity index (χ0) is 9.84. The fourth-order valence-electron chi connectivity index (χ4n) is 0.818. The summed E-state index contributed by atoms with van der Waals surface area (Å²) in [7, 11) is 0. The molecule has 0 radical (unpaired) electrons. The first-order valence-electron chi connectivity index (χ1n) is 3.56. The number of nitrogen functional groups attached to an aromatic ring is 1. The summed E-state index contributed by atoms with van der Waals surface area (Å²) in [6, 6.07) is 1.01. The summed E-state index contributed by atoms with van der Waals surface area (Å²) in [5, 5.41) is 0. The van der Waals surface area contributed by atoms with Crippen LogP contribution in [0.2, 0.25) is 0 Å². The Morgan fingerprint density at radius 3 is 3.00 bits per heavy atom. The predicted molar refractivity (Wildman–Crippen MR) is 45.0 cm³/mol. The number of aromatic nitrogens is 1. The summed E-state index contributed by atoms with van der Waals surface area (Å²) in [5.74, 6) is 4.01. The summed E-state index contributed by atoms with van der Waals surface area (Å²) in [6.45, 7) is 3.44. The lowest BCUT2D eigenvalue weighted by Crippen LogP contribution is -2.17. The molecule has 0 bridgehead atoms. The number of ether oxygens (including phenoxy) is 1. The van der Waals surface area contributed by atoms with Crippen LogP contribution in [0.5, 0.6) is 0 Å². The van der Waals surface area contributed by atoms with Crippen LogP contribution in [0.3, 0.4) is 0 Å². The van der Waals surface area contributed by atoms with E-state index in [1.165, 1.54) is 6.08 Å². The van der Waals surface area contributed by atoms with Gasteiger partial charge in [-0.1, -0.05) is 12.7 Å². The molecule has 0 amide bonds. The third kappa shape index (κ3) is 2.08. The molecule has 1 rings (SSSR count). The zero-order valence-electron chi connectivity index (χ0n) is 6.87. The number of hydrogen-bond donors (Lipinski definition) is 1. The first-order valence-corrected chi connectivity index (χ1v) is 3.56. The molecule has 1 aromatic rings. The largest absolute Gasteiger partial charge is 0.457 e. The minimum atomic E-state index is -0.675. The maximum Gasteiger partial charge on any atom is 0.357 e. The Morgan fingerprint density at radius 1 is 1.85 bits per heavy atom. The van der Waals surface area contributed by atoms with Crippen LogP contribution in [-0.2, 0) is 4.74 Å². The van der Waals surface area contributed by atoms with Crippen molar-refractivity contribution in [3.05, 3.63) is 36.4 Å². The van der Waals surface area contributed by atoms with Gasteiger partial charge in [-0.15, -0.1) is 0 Å². The summed E-state index contributed by atoms with van der Waals surface area (Å²) >= 11 is 0. The molecule has 0 aliphatic carbocycles. The second-order valence-electron chi connectivity index (χ2n) is 2.34. The van der Waals surface area contributed by atoms with E-state index >= 15 is 0 Å². The highest BCUT2D eigenvalue weighted by molar-refractivity contribution is 5.87. The minimum Gasteiger partial charge on any atom is -0.457 e. The van der Waals surface area contributed by atoms with E-state index < -0.39 is 11.8 Å². The van der Waals surface area contributed by atoms with Crippen molar-refractivity contribution in [1.82, 2.24) is 4.68 Å². The third-order valence-corrected chi connectivity index (χ3v) is 1.36. The monoisotopic (exact) mass is 184 g/mol. The highest BCUT2D eigenvalue weighted by Crippen LogP contribution is 2.05. The number of halogens is 1. The van der Waals surface area contributed by atoms with Gasteiger partial charge in [0.15, 0.2) is 0 Å². The molecule has 0 spiro atoms. The van der Waals surface area contributed by atoms with Crippen molar-refractivity contribution in [2.24, 2.45) is 0 Å². The van der Waals surface area contributed by atoms with Crippen LogP contribution in [-0.4, -0.2) is 17.3 Å². The Kier molecular flexibility index (Phi) is 2.69. The average Bonchev–Trinajstić information content (AvgIpc) is 2.41. The molecule has 0 aliphatic rings. The molecule has 70 valence electrons. The van der Waals surface area contributed by atoms with E-state index in [0.717, 1.165) is 16.9 Å². The maximum atomic E-state index is 12.5. The molecule has 0 fully saturated rings.